The highest BCUT2D eigenvalue weighted by atomic mass is 16.2. The van der Waals surface area contributed by atoms with E-state index in [0.29, 0.717) is 6.42 Å². The zero-order valence-corrected chi connectivity index (χ0v) is 13.2. The fourth-order valence-electron chi connectivity index (χ4n) is 2.19. The Balaban J connectivity index is 1.98. The fraction of sp³-hybridized carbons (Fsp3) is 0.556. The molecule has 3 heteroatoms. The molecule has 1 aromatic carbocycles. The fourth-order valence-corrected chi connectivity index (χ4v) is 2.19. The van der Waals surface area contributed by atoms with Crippen molar-refractivity contribution in [3.05, 3.63) is 35.9 Å². The molecular formula is C18H28N2O. The molecule has 0 aliphatic heterocycles. The largest absolute Gasteiger partial charge is 0.273 e. The van der Waals surface area contributed by atoms with Gasteiger partial charge in [0.25, 0.3) is 0 Å². The van der Waals surface area contributed by atoms with Gasteiger partial charge in [0.2, 0.25) is 5.91 Å². The number of carbonyl (C=O) groups is 1. The van der Waals surface area contributed by atoms with Crippen LogP contribution in [-0.2, 0) is 4.79 Å². The molecule has 116 valence electrons. The molecule has 0 spiro atoms. The molecule has 21 heavy (non-hydrogen) atoms. The average Bonchev–Trinajstić information content (AvgIpc) is 2.51. The van der Waals surface area contributed by atoms with Crippen molar-refractivity contribution >= 4 is 12.1 Å². The smallest absolute Gasteiger partial charge is 0.240 e. The molecule has 1 rings (SSSR count). The van der Waals surface area contributed by atoms with Crippen LogP contribution in [-0.4, -0.2) is 12.1 Å². The maximum atomic E-state index is 11.6. The van der Waals surface area contributed by atoms with Crippen LogP contribution in [0.3, 0.4) is 0 Å². The third kappa shape index (κ3) is 9.83. The van der Waals surface area contributed by atoms with Crippen LogP contribution in [0.15, 0.2) is 35.4 Å². The number of benzene rings is 1. The van der Waals surface area contributed by atoms with Crippen LogP contribution in [0.4, 0.5) is 0 Å². The number of carbonyl (C=O) groups excluding carboxylic acids is 1. The van der Waals surface area contributed by atoms with Crippen LogP contribution in [0.25, 0.3) is 0 Å². The van der Waals surface area contributed by atoms with Crippen LogP contribution < -0.4 is 5.43 Å². The predicted molar refractivity (Wildman–Crippen MR) is 89.4 cm³/mol. The summed E-state index contributed by atoms with van der Waals surface area (Å²) in [6, 6.07) is 9.76. The molecule has 0 aliphatic rings. The molecule has 0 fully saturated rings. The van der Waals surface area contributed by atoms with E-state index in [1.54, 1.807) is 6.21 Å². The van der Waals surface area contributed by atoms with Crippen molar-refractivity contribution in [3.63, 3.8) is 0 Å². The highest BCUT2D eigenvalue weighted by Gasteiger charge is 1.99. The summed E-state index contributed by atoms with van der Waals surface area (Å²) in [4.78, 5) is 11.6. The molecule has 0 aliphatic carbocycles. The molecule has 0 saturated carbocycles. The number of amides is 1. The second-order valence-corrected chi connectivity index (χ2v) is 5.43. The second-order valence-electron chi connectivity index (χ2n) is 5.43. The monoisotopic (exact) mass is 288 g/mol. The SMILES string of the molecule is CCCCCCCCCCC(=O)NN=Cc1ccccc1. The second kappa shape index (κ2) is 12.1. The molecule has 0 radical (unpaired) electrons. The lowest BCUT2D eigenvalue weighted by atomic mass is 10.1. The van der Waals surface area contributed by atoms with Gasteiger partial charge in [-0.25, -0.2) is 5.43 Å². The predicted octanol–water partition coefficient (Wildman–Crippen LogP) is 4.67. The van der Waals surface area contributed by atoms with Gasteiger partial charge in [-0.05, 0) is 12.0 Å². The molecule has 0 atom stereocenters. The van der Waals surface area contributed by atoms with E-state index in [4.69, 9.17) is 0 Å². The highest BCUT2D eigenvalue weighted by molar-refractivity contribution is 5.82. The van der Waals surface area contributed by atoms with Crippen molar-refractivity contribution < 1.29 is 4.79 Å². The van der Waals surface area contributed by atoms with E-state index < -0.39 is 0 Å². The van der Waals surface area contributed by atoms with E-state index in [1.807, 2.05) is 30.3 Å². The van der Waals surface area contributed by atoms with Crippen molar-refractivity contribution in [1.82, 2.24) is 5.43 Å². The van der Waals surface area contributed by atoms with E-state index in [0.717, 1.165) is 18.4 Å². The topological polar surface area (TPSA) is 41.5 Å². The summed E-state index contributed by atoms with van der Waals surface area (Å²) in [7, 11) is 0. The molecule has 1 amide bonds. The number of nitrogens with zero attached hydrogens (tertiary/aromatic N) is 1. The number of nitrogens with one attached hydrogen (secondary N) is 1. The molecule has 0 heterocycles. The molecular weight excluding hydrogens is 260 g/mol. The minimum absolute atomic E-state index is 0.00756. The van der Waals surface area contributed by atoms with E-state index in [9.17, 15) is 4.79 Å². The van der Waals surface area contributed by atoms with Gasteiger partial charge < -0.3 is 0 Å². The summed E-state index contributed by atoms with van der Waals surface area (Å²) in [6.45, 7) is 2.24. The zero-order chi connectivity index (χ0) is 15.2. The normalized spacial score (nSPS) is 10.9. The lowest BCUT2D eigenvalue weighted by molar-refractivity contribution is -0.121. The van der Waals surface area contributed by atoms with E-state index in [1.165, 1.54) is 38.5 Å². The lowest BCUT2D eigenvalue weighted by Crippen LogP contribution is -2.16. The van der Waals surface area contributed by atoms with Gasteiger partial charge in [0.05, 0.1) is 6.21 Å². The number of rotatable bonds is 11. The summed E-state index contributed by atoms with van der Waals surface area (Å²) >= 11 is 0. The van der Waals surface area contributed by atoms with Gasteiger partial charge in [0.1, 0.15) is 0 Å². The van der Waals surface area contributed by atoms with Gasteiger partial charge >= 0.3 is 0 Å². The third-order valence-electron chi connectivity index (χ3n) is 3.46. The summed E-state index contributed by atoms with van der Waals surface area (Å²) in [6.07, 6.45) is 12.2. The maximum Gasteiger partial charge on any atom is 0.240 e. The summed E-state index contributed by atoms with van der Waals surface area (Å²) < 4.78 is 0. The van der Waals surface area contributed by atoms with Crippen LogP contribution in [0.5, 0.6) is 0 Å². The van der Waals surface area contributed by atoms with Crippen molar-refractivity contribution in [2.45, 2.75) is 64.7 Å². The summed E-state index contributed by atoms with van der Waals surface area (Å²) in [5.74, 6) is 0.00756. The van der Waals surface area contributed by atoms with Crippen molar-refractivity contribution in [3.8, 4) is 0 Å². The standard InChI is InChI=1S/C18H28N2O/c1-2-3-4-5-6-7-8-12-15-18(21)20-19-16-17-13-10-9-11-14-17/h9-11,13-14,16H,2-8,12,15H2,1H3,(H,20,21). The Morgan fingerprint density at radius 1 is 1.00 bits per heavy atom. The first-order valence-electron chi connectivity index (χ1n) is 8.20. The first-order chi connectivity index (χ1) is 10.3. The summed E-state index contributed by atoms with van der Waals surface area (Å²) in [5, 5.41) is 3.97. The van der Waals surface area contributed by atoms with Crippen LogP contribution >= 0.6 is 0 Å². The van der Waals surface area contributed by atoms with Crippen molar-refractivity contribution in [1.29, 1.82) is 0 Å². The molecule has 1 aromatic rings. The van der Waals surface area contributed by atoms with Crippen molar-refractivity contribution in [2.24, 2.45) is 5.10 Å². The van der Waals surface area contributed by atoms with Crippen LogP contribution in [0.1, 0.15) is 70.3 Å². The van der Waals surface area contributed by atoms with Gasteiger partial charge in [-0.3, -0.25) is 4.79 Å². The number of hydrazone groups is 1. The number of hydrogen-bond donors (Lipinski definition) is 1. The third-order valence-corrected chi connectivity index (χ3v) is 3.46. The van der Waals surface area contributed by atoms with E-state index >= 15 is 0 Å². The number of unbranched alkanes of at least 4 members (excludes halogenated alkanes) is 7. The molecule has 3 nitrogen and oxygen atoms in total. The Bertz CT molecular complexity index is 401. The van der Waals surface area contributed by atoms with Gasteiger partial charge in [-0.15, -0.1) is 0 Å². The maximum absolute atomic E-state index is 11.6. The lowest BCUT2D eigenvalue weighted by Gasteiger charge is -2.01. The highest BCUT2D eigenvalue weighted by Crippen LogP contribution is 2.09. The Kier molecular flexibility index (Phi) is 10.1. The van der Waals surface area contributed by atoms with Gasteiger partial charge in [-0.2, -0.15) is 5.10 Å². The average molecular weight is 288 g/mol. The molecule has 0 saturated heterocycles. The Morgan fingerprint density at radius 3 is 2.29 bits per heavy atom. The molecule has 0 bridgehead atoms. The van der Waals surface area contributed by atoms with Crippen LogP contribution in [0, 0.1) is 0 Å². The number of hydrogen-bond acceptors (Lipinski definition) is 2. The minimum Gasteiger partial charge on any atom is -0.273 e. The van der Waals surface area contributed by atoms with E-state index in [-0.39, 0.29) is 5.91 Å². The first-order valence-corrected chi connectivity index (χ1v) is 8.20. The molecule has 0 aromatic heterocycles. The minimum atomic E-state index is 0.00756. The Hall–Kier alpha value is -1.64. The van der Waals surface area contributed by atoms with E-state index in [2.05, 4.69) is 17.5 Å². The van der Waals surface area contributed by atoms with Crippen LogP contribution in [0.2, 0.25) is 0 Å². The summed E-state index contributed by atoms with van der Waals surface area (Å²) in [5.41, 5.74) is 3.57. The first kappa shape index (κ1) is 17.4. The van der Waals surface area contributed by atoms with Crippen molar-refractivity contribution in [2.75, 3.05) is 0 Å². The van der Waals surface area contributed by atoms with Gasteiger partial charge in [0.15, 0.2) is 0 Å². The molecule has 0 unspecified atom stereocenters. The molecule has 1 N–H and O–H groups in total. The Morgan fingerprint density at radius 2 is 1.62 bits per heavy atom. The quantitative estimate of drug-likeness (QED) is 0.359. The Labute approximate surface area is 128 Å². The van der Waals surface area contributed by atoms with Gasteiger partial charge in [0, 0.05) is 6.42 Å². The van der Waals surface area contributed by atoms with Gasteiger partial charge in [-0.1, -0.05) is 82.2 Å². The zero-order valence-electron chi connectivity index (χ0n) is 13.2.